The van der Waals surface area contributed by atoms with Gasteiger partial charge in [-0.3, -0.25) is 5.10 Å². The largest absolute Gasteiger partial charge is 0.457 e. The maximum Gasteiger partial charge on any atom is 0.127 e. The molecule has 262 valence electrons. The molecule has 0 amide bonds. The molecule has 6 nitrogen and oxygen atoms in total. The zero-order chi connectivity index (χ0) is 36.0. The van der Waals surface area contributed by atoms with Gasteiger partial charge in [0.1, 0.15) is 23.0 Å². The van der Waals surface area contributed by atoms with Crippen molar-refractivity contribution >= 4 is 15.9 Å². The van der Waals surface area contributed by atoms with Gasteiger partial charge in [-0.1, -0.05) is 113 Å². The summed E-state index contributed by atoms with van der Waals surface area (Å²) in [6.45, 7) is 1.75. The highest BCUT2D eigenvalue weighted by molar-refractivity contribution is 9.10. The topological polar surface area (TPSA) is 71.2 Å². The molecule has 0 aliphatic carbocycles. The molecule has 2 unspecified atom stereocenters. The molecular weight excluding hydrogens is 708 g/mol. The summed E-state index contributed by atoms with van der Waals surface area (Å²) in [4.78, 5) is 0. The highest BCUT2D eigenvalue weighted by Gasteiger charge is 2.15. The smallest absolute Gasteiger partial charge is 0.127 e. The van der Waals surface area contributed by atoms with Gasteiger partial charge < -0.3 is 20.1 Å². The summed E-state index contributed by atoms with van der Waals surface area (Å²) in [6.07, 6.45) is 3.75. The van der Waals surface area contributed by atoms with E-state index in [9.17, 15) is 0 Å². The van der Waals surface area contributed by atoms with Crippen LogP contribution in [0.2, 0.25) is 0 Å². The Morgan fingerprint density at radius 1 is 0.500 bits per heavy atom. The van der Waals surface area contributed by atoms with Crippen LogP contribution in [-0.4, -0.2) is 37.4 Å². The van der Waals surface area contributed by atoms with Gasteiger partial charge in [0, 0.05) is 41.2 Å². The van der Waals surface area contributed by atoms with Crippen molar-refractivity contribution < 1.29 is 9.47 Å². The van der Waals surface area contributed by atoms with Crippen LogP contribution in [0.4, 0.5) is 0 Å². The van der Waals surface area contributed by atoms with Gasteiger partial charge in [-0.2, -0.15) is 5.10 Å². The first-order valence-electron chi connectivity index (χ1n) is 17.4. The second-order valence-corrected chi connectivity index (χ2v) is 13.3. The third kappa shape index (κ3) is 10.1. The van der Waals surface area contributed by atoms with Gasteiger partial charge in [-0.25, -0.2) is 0 Å². The third-order valence-corrected chi connectivity index (χ3v) is 9.28. The zero-order valence-electron chi connectivity index (χ0n) is 29.4. The molecule has 7 aromatic rings. The molecule has 6 aromatic carbocycles. The minimum Gasteiger partial charge on any atom is -0.457 e. The molecule has 3 N–H and O–H groups in total. The van der Waals surface area contributed by atoms with Gasteiger partial charge >= 0.3 is 0 Å². The number of ether oxygens (including phenoxy) is 2. The van der Waals surface area contributed by atoms with Gasteiger partial charge in [-0.05, 0) is 103 Å². The number of rotatable bonds is 13. The van der Waals surface area contributed by atoms with Crippen molar-refractivity contribution in [2.75, 3.05) is 27.2 Å². The lowest BCUT2D eigenvalue weighted by atomic mass is 9.90. The van der Waals surface area contributed by atoms with Gasteiger partial charge in [0.25, 0.3) is 0 Å². The van der Waals surface area contributed by atoms with E-state index in [4.69, 9.17) is 9.47 Å². The van der Waals surface area contributed by atoms with Crippen LogP contribution >= 0.6 is 15.9 Å². The number of hydrogen-bond acceptors (Lipinski definition) is 5. The van der Waals surface area contributed by atoms with Crippen molar-refractivity contribution in [2.24, 2.45) is 0 Å². The summed E-state index contributed by atoms with van der Waals surface area (Å²) in [6, 6.07) is 53.6. The molecule has 1 heterocycles. The predicted molar refractivity (Wildman–Crippen MR) is 216 cm³/mol. The van der Waals surface area contributed by atoms with E-state index in [2.05, 4.69) is 110 Å². The van der Waals surface area contributed by atoms with Gasteiger partial charge in [0.15, 0.2) is 0 Å². The summed E-state index contributed by atoms with van der Waals surface area (Å²) in [5.41, 5.74) is 7.35. The van der Waals surface area contributed by atoms with E-state index in [0.29, 0.717) is 5.92 Å². The van der Waals surface area contributed by atoms with Crippen molar-refractivity contribution in [1.29, 1.82) is 0 Å². The van der Waals surface area contributed by atoms with E-state index in [0.717, 1.165) is 51.7 Å². The normalized spacial score (nSPS) is 11.9. The number of nitrogens with zero attached hydrogens (tertiary/aromatic N) is 1. The van der Waals surface area contributed by atoms with Gasteiger partial charge in [0.05, 0.1) is 6.20 Å². The molecular formula is C45H43BrN4O2. The quantitative estimate of drug-likeness (QED) is 0.109. The summed E-state index contributed by atoms with van der Waals surface area (Å²) in [7, 11) is 3.97. The number of likely N-dealkylation sites (N-methyl/N-ethyl adjacent to an activating group) is 2. The highest BCUT2D eigenvalue weighted by atomic mass is 79.9. The Kier molecular flexibility index (Phi) is 13.0. The molecule has 0 radical (unpaired) electrons. The molecule has 0 saturated carbocycles. The Hall–Kier alpha value is -5.47. The summed E-state index contributed by atoms with van der Waals surface area (Å²) in [5, 5.41) is 13.5. The number of aromatic amines is 1. The lowest BCUT2D eigenvalue weighted by Gasteiger charge is -2.18. The summed E-state index contributed by atoms with van der Waals surface area (Å²) < 4.78 is 12.9. The van der Waals surface area contributed by atoms with E-state index in [1.165, 1.54) is 22.3 Å². The van der Waals surface area contributed by atoms with E-state index >= 15 is 0 Å². The summed E-state index contributed by atoms with van der Waals surface area (Å²) in [5.74, 6) is 3.97. The Bertz CT molecular complexity index is 2040. The SMILES string of the molecule is CNCC(c1ccc(Br)cc1)c1ccc(Oc2ccccc2)cc1.CNCC(c1ccc(Oc2ccccc2)cc1)c1ccc(-c2cn[nH]c2)cc1. The highest BCUT2D eigenvalue weighted by Crippen LogP contribution is 2.31. The van der Waals surface area contributed by atoms with Crippen LogP contribution in [-0.2, 0) is 0 Å². The molecule has 0 bridgehead atoms. The second-order valence-electron chi connectivity index (χ2n) is 12.3. The minimum absolute atomic E-state index is 0.272. The van der Waals surface area contributed by atoms with Crippen molar-refractivity contribution in [2.45, 2.75) is 11.8 Å². The maximum atomic E-state index is 5.91. The first kappa shape index (κ1) is 36.3. The fourth-order valence-electron chi connectivity index (χ4n) is 6.06. The fourth-order valence-corrected chi connectivity index (χ4v) is 6.33. The van der Waals surface area contributed by atoms with E-state index < -0.39 is 0 Å². The minimum atomic E-state index is 0.272. The van der Waals surface area contributed by atoms with E-state index in [1.807, 2.05) is 111 Å². The average Bonchev–Trinajstić information content (AvgIpc) is 3.74. The number of para-hydroxylation sites is 2. The van der Waals surface area contributed by atoms with E-state index in [1.54, 1.807) is 0 Å². The Morgan fingerprint density at radius 2 is 0.885 bits per heavy atom. The van der Waals surface area contributed by atoms with Crippen LogP contribution < -0.4 is 20.1 Å². The van der Waals surface area contributed by atoms with Crippen LogP contribution in [0.5, 0.6) is 23.0 Å². The number of benzene rings is 6. The number of halogens is 1. The molecule has 52 heavy (non-hydrogen) atoms. The molecule has 0 aliphatic rings. The first-order valence-corrected chi connectivity index (χ1v) is 18.2. The molecule has 0 spiro atoms. The monoisotopic (exact) mass is 750 g/mol. The van der Waals surface area contributed by atoms with Gasteiger partial charge in [0.2, 0.25) is 0 Å². The average molecular weight is 752 g/mol. The molecule has 2 atom stereocenters. The molecule has 7 heteroatoms. The Balaban J connectivity index is 0.000000181. The van der Waals surface area contributed by atoms with Crippen LogP contribution in [0.25, 0.3) is 11.1 Å². The number of hydrogen-bond donors (Lipinski definition) is 3. The molecule has 0 fully saturated rings. The zero-order valence-corrected chi connectivity index (χ0v) is 31.0. The lowest BCUT2D eigenvalue weighted by Crippen LogP contribution is -2.18. The van der Waals surface area contributed by atoms with Crippen molar-refractivity contribution in [3.8, 4) is 34.1 Å². The molecule has 0 aliphatic heterocycles. The van der Waals surface area contributed by atoms with Crippen LogP contribution in [0.3, 0.4) is 0 Å². The van der Waals surface area contributed by atoms with Crippen LogP contribution in [0, 0.1) is 0 Å². The lowest BCUT2D eigenvalue weighted by molar-refractivity contribution is 0.482. The number of aromatic nitrogens is 2. The second kappa shape index (κ2) is 18.7. The van der Waals surface area contributed by atoms with Crippen LogP contribution in [0.1, 0.15) is 34.1 Å². The van der Waals surface area contributed by atoms with Gasteiger partial charge in [-0.15, -0.1) is 0 Å². The fraction of sp³-hybridized carbons (Fsp3) is 0.133. The number of nitrogens with one attached hydrogen (secondary N) is 3. The van der Waals surface area contributed by atoms with Crippen molar-refractivity contribution in [1.82, 2.24) is 20.8 Å². The summed E-state index contributed by atoms with van der Waals surface area (Å²) >= 11 is 3.50. The predicted octanol–water partition coefficient (Wildman–Crippen LogP) is 10.8. The first-order chi connectivity index (χ1) is 25.6. The number of H-pyrrole nitrogens is 1. The molecule has 7 rings (SSSR count). The molecule has 0 saturated heterocycles. The third-order valence-electron chi connectivity index (χ3n) is 8.76. The van der Waals surface area contributed by atoms with Crippen LogP contribution in [0.15, 0.2) is 175 Å². The molecule has 1 aromatic heterocycles. The van der Waals surface area contributed by atoms with E-state index in [-0.39, 0.29) is 5.92 Å². The maximum absolute atomic E-state index is 5.91. The van der Waals surface area contributed by atoms with Crippen molar-refractivity contribution in [3.05, 3.63) is 197 Å². The Labute approximate surface area is 315 Å². The Morgan fingerprint density at radius 3 is 1.27 bits per heavy atom. The standard InChI is InChI=1S/C24H23N3O.C21H20BrNO/c1-25-17-24(19-9-7-18(8-10-19)21-15-26-27-16-21)20-11-13-23(14-12-20)28-22-5-3-2-4-6-22;1-23-15-21(16-7-11-18(22)12-8-16)17-9-13-20(14-10-17)24-19-5-3-2-4-6-19/h2-16,24-25H,17H2,1H3,(H,26,27);2-14,21,23H,15H2,1H3. The van der Waals surface area contributed by atoms with Crippen molar-refractivity contribution in [3.63, 3.8) is 0 Å².